The summed E-state index contributed by atoms with van der Waals surface area (Å²) in [7, 11) is 3.31. The van der Waals surface area contributed by atoms with Gasteiger partial charge in [-0.15, -0.1) is 0 Å². The van der Waals surface area contributed by atoms with Crippen molar-refractivity contribution in [3.8, 4) is 11.5 Å². The Bertz CT molecular complexity index is 720. The molecule has 0 heterocycles. The van der Waals surface area contributed by atoms with Crippen LogP contribution in [-0.4, -0.2) is 24.5 Å². The van der Waals surface area contributed by atoms with Crippen molar-refractivity contribution < 1.29 is 14.3 Å². The number of nitrogens with one attached hydrogen (secondary N) is 1. The predicted octanol–water partition coefficient (Wildman–Crippen LogP) is 5.01. The van der Waals surface area contributed by atoms with E-state index in [1.807, 2.05) is 25.1 Å². The van der Waals surface area contributed by atoms with E-state index in [2.05, 4.69) is 21.2 Å². The minimum atomic E-state index is -0.116. The number of halogens is 1. The Hall–Kier alpha value is -1.23. The normalized spacial score (nSPS) is 35.0. The van der Waals surface area contributed by atoms with Gasteiger partial charge in [-0.2, -0.15) is 0 Å². The van der Waals surface area contributed by atoms with Gasteiger partial charge >= 0.3 is 0 Å². The van der Waals surface area contributed by atoms with Crippen molar-refractivity contribution in [3.05, 3.63) is 23.8 Å². The number of hydrogen-bond acceptors (Lipinski definition) is 3. The van der Waals surface area contributed by atoms with Crippen molar-refractivity contribution >= 4 is 21.8 Å². The van der Waals surface area contributed by atoms with Crippen molar-refractivity contribution in [2.45, 2.75) is 62.2 Å². The fourth-order valence-corrected chi connectivity index (χ4v) is 7.94. The highest BCUT2D eigenvalue weighted by atomic mass is 79.9. The Balaban J connectivity index is 1.46. The number of carbonyl (C=O) groups excluding carboxylic acids is 1. The van der Waals surface area contributed by atoms with Gasteiger partial charge in [-0.1, -0.05) is 15.9 Å². The molecule has 27 heavy (non-hydrogen) atoms. The minimum Gasteiger partial charge on any atom is -0.497 e. The van der Waals surface area contributed by atoms with Gasteiger partial charge < -0.3 is 14.8 Å². The number of alkyl halides is 1. The molecule has 3 atom stereocenters. The Morgan fingerprint density at radius 2 is 1.93 bits per heavy atom. The van der Waals surface area contributed by atoms with Crippen molar-refractivity contribution in [2.75, 3.05) is 14.2 Å². The summed E-state index contributed by atoms with van der Waals surface area (Å²) in [5.74, 6) is 3.31. The highest BCUT2D eigenvalue weighted by Gasteiger charge is 2.57. The molecule has 1 amide bonds. The smallest absolute Gasteiger partial charge is 0.221 e. The van der Waals surface area contributed by atoms with Crippen LogP contribution in [0.3, 0.4) is 0 Å². The quantitative estimate of drug-likeness (QED) is 0.639. The van der Waals surface area contributed by atoms with Gasteiger partial charge in [0.1, 0.15) is 11.5 Å². The summed E-state index contributed by atoms with van der Waals surface area (Å²) < 4.78 is 11.1. The fraction of sp³-hybridized carbons (Fsp3) is 0.682. The van der Waals surface area contributed by atoms with Crippen molar-refractivity contribution in [1.82, 2.24) is 5.32 Å². The van der Waals surface area contributed by atoms with Gasteiger partial charge in [-0.25, -0.2) is 0 Å². The van der Waals surface area contributed by atoms with Crippen LogP contribution in [0.5, 0.6) is 11.5 Å². The zero-order valence-corrected chi connectivity index (χ0v) is 18.1. The van der Waals surface area contributed by atoms with Crippen molar-refractivity contribution in [3.63, 3.8) is 0 Å². The average Bonchev–Trinajstić information content (AvgIpc) is 2.58. The fourth-order valence-electron chi connectivity index (χ4n) is 6.43. The van der Waals surface area contributed by atoms with Gasteiger partial charge in [0.2, 0.25) is 5.91 Å². The molecule has 4 bridgehead atoms. The summed E-state index contributed by atoms with van der Waals surface area (Å²) in [5, 5.41) is 3.22. The molecule has 4 fully saturated rings. The van der Waals surface area contributed by atoms with E-state index in [1.165, 1.54) is 32.1 Å². The predicted molar refractivity (Wildman–Crippen MR) is 109 cm³/mol. The average molecular weight is 436 g/mol. The molecule has 1 aromatic carbocycles. The Labute approximate surface area is 170 Å². The Morgan fingerprint density at radius 3 is 2.52 bits per heavy atom. The van der Waals surface area contributed by atoms with E-state index in [4.69, 9.17) is 9.47 Å². The number of hydrogen-bond donors (Lipinski definition) is 1. The highest BCUT2D eigenvalue weighted by Crippen LogP contribution is 2.65. The van der Waals surface area contributed by atoms with E-state index in [0.29, 0.717) is 10.7 Å². The lowest BCUT2D eigenvalue weighted by atomic mass is 9.48. The summed E-state index contributed by atoms with van der Waals surface area (Å²) >= 11 is 4.04. The monoisotopic (exact) mass is 435 g/mol. The summed E-state index contributed by atoms with van der Waals surface area (Å²) in [4.78, 5) is 13.0. The zero-order valence-electron chi connectivity index (χ0n) is 16.5. The van der Waals surface area contributed by atoms with Crippen LogP contribution in [0.4, 0.5) is 0 Å². The van der Waals surface area contributed by atoms with Crippen LogP contribution >= 0.6 is 15.9 Å². The Kier molecular flexibility index (Phi) is 4.94. The van der Waals surface area contributed by atoms with E-state index < -0.39 is 0 Å². The first-order chi connectivity index (χ1) is 12.8. The summed E-state index contributed by atoms with van der Waals surface area (Å²) in [6, 6.07) is 5.60. The molecule has 4 aliphatic rings. The number of methoxy groups -OCH3 is 2. The van der Waals surface area contributed by atoms with Gasteiger partial charge in [0.05, 0.1) is 20.3 Å². The SMILES string of the molecule is COc1ccc(OC)c([C@H](C)NC(=O)CC23C[C@H]4C[C@@H](CC(Br)(C4)C2)C3)c1. The third kappa shape index (κ3) is 3.72. The van der Waals surface area contributed by atoms with E-state index in [1.54, 1.807) is 14.2 Å². The van der Waals surface area contributed by atoms with E-state index >= 15 is 0 Å². The van der Waals surface area contributed by atoms with Crippen LogP contribution < -0.4 is 14.8 Å². The molecule has 1 N–H and O–H groups in total. The standard InChI is InChI=1S/C22H30BrNO3/c1-14(18-7-17(26-2)4-5-19(18)27-3)24-20(25)12-21-8-15-6-16(9-21)11-22(23,10-15)13-21/h4-5,7,14-16H,6,8-13H2,1-3H3,(H,24,25)/t14-,15+,16+,21?,22?/m0/s1. The molecule has 0 spiro atoms. The highest BCUT2D eigenvalue weighted by molar-refractivity contribution is 9.10. The molecule has 4 nitrogen and oxygen atoms in total. The first-order valence-electron chi connectivity index (χ1n) is 10.0. The van der Waals surface area contributed by atoms with Gasteiger partial charge in [-0.05, 0) is 80.9 Å². The molecule has 4 aliphatic carbocycles. The second-order valence-electron chi connectivity index (χ2n) is 9.19. The molecule has 4 saturated carbocycles. The first-order valence-corrected chi connectivity index (χ1v) is 10.8. The van der Waals surface area contributed by atoms with Crippen LogP contribution in [0, 0.1) is 17.3 Å². The zero-order chi connectivity index (χ0) is 19.2. The summed E-state index contributed by atoms with van der Waals surface area (Å²) in [6.07, 6.45) is 8.20. The molecule has 0 aliphatic heterocycles. The minimum absolute atomic E-state index is 0.116. The second kappa shape index (κ2) is 6.98. The molecular formula is C22H30BrNO3. The third-order valence-electron chi connectivity index (χ3n) is 6.93. The van der Waals surface area contributed by atoms with Crippen LogP contribution in [-0.2, 0) is 4.79 Å². The molecule has 0 unspecified atom stereocenters. The molecule has 0 aromatic heterocycles. The van der Waals surface area contributed by atoms with Crippen LogP contribution in [0.2, 0.25) is 0 Å². The maximum atomic E-state index is 13.0. The van der Waals surface area contributed by atoms with Gasteiger partial charge in [0, 0.05) is 16.3 Å². The van der Waals surface area contributed by atoms with E-state index in [-0.39, 0.29) is 17.4 Å². The summed E-state index contributed by atoms with van der Waals surface area (Å²) in [6.45, 7) is 2.01. The second-order valence-corrected chi connectivity index (χ2v) is 10.9. The Morgan fingerprint density at radius 1 is 1.22 bits per heavy atom. The molecule has 5 heteroatoms. The lowest BCUT2D eigenvalue weighted by Crippen LogP contribution is -2.54. The number of amides is 1. The van der Waals surface area contributed by atoms with Gasteiger partial charge in [0.15, 0.2) is 0 Å². The number of rotatable bonds is 6. The van der Waals surface area contributed by atoms with Gasteiger partial charge in [0.25, 0.3) is 0 Å². The van der Waals surface area contributed by atoms with E-state index in [9.17, 15) is 4.79 Å². The molecule has 0 radical (unpaired) electrons. The maximum absolute atomic E-state index is 13.0. The van der Waals surface area contributed by atoms with Gasteiger partial charge in [-0.3, -0.25) is 4.79 Å². The van der Waals surface area contributed by atoms with E-state index in [0.717, 1.165) is 35.3 Å². The largest absolute Gasteiger partial charge is 0.497 e. The van der Waals surface area contributed by atoms with Crippen molar-refractivity contribution in [2.24, 2.45) is 17.3 Å². The lowest BCUT2D eigenvalue weighted by molar-refractivity contribution is -0.128. The molecule has 5 rings (SSSR count). The first kappa shape index (κ1) is 19.1. The number of carbonyl (C=O) groups is 1. The lowest BCUT2D eigenvalue weighted by Gasteiger charge is -2.60. The number of ether oxygens (including phenoxy) is 2. The third-order valence-corrected chi connectivity index (χ3v) is 7.86. The topological polar surface area (TPSA) is 47.6 Å². The molecular weight excluding hydrogens is 406 g/mol. The molecule has 0 saturated heterocycles. The number of benzene rings is 1. The van der Waals surface area contributed by atoms with Crippen LogP contribution in [0.15, 0.2) is 18.2 Å². The van der Waals surface area contributed by atoms with Crippen molar-refractivity contribution in [1.29, 1.82) is 0 Å². The molecule has 148 valence electrons. The van der Waals surface area contributed by atoms with Crippen LogP contribution in [0.1, 0.15) is 63.5 Å². The molecule has 1 aromatic rings. The summed E-state index contributed by atoms with van der Waals surface area (Å²) in [5.41, 5.74) is 1.14. The maximum Gasteiger partial charge on any atom is 0.221 e. The van der Waals surface area contributed by atoms with Crippen LogP contribution in [0.25, 0.3) is 0 Å².